The zero-order chi connectivity index (χ0) is 12.1. The average Bonchev–Trinajstić information content (AvgIpc) is 2.58. The van der Waals surface area contributed by atoms with Gasteiger partial charge in [0, 0.05) is 25.8 Å². The molecule has 0 amide bonds. The fourth-order valence-electron chi connectivity index (χ4n) is 1.57. The van der Waals surface area contributed by atoms with Gasteiger partial charge in [-0.2, -0.15) is 5.10 Å². The molecule has 1 heterocycles. The molecule has 0 saturated carbocycles. The van der Waals surface area contributed by atoms with Crippen LogP contribution in [0, 0.1) is 0 Å². The number of carbonyl (C=O) groups is 1. The second-order valence-corrected chi connectivity index (χ2v) is 4.23. The normalized spacial score (nSPS) is 11.3. The lowest BCUT2D eigenvalue weighted by Crippen LogP contribution is -2.37. The molecule has 1 aromatic rings. The molecule has 0 aliphatic rings. The van der Waals surface area contributed by atoms with Crippen molar-refractivity contribution in [2.24, 2.45) is 7.05 Å². The molecule has 1 N–H and O–H groups in total. The molecular weight excluding hydrogens is 206 g/mol. The Hall–Kier alpha value is -1.36. The number of nitrogens with zero attached hydrogens (tertiary/aromatic N) is 3. The van der Waals surface area contributed by atoms with Crippen molar-refractivity contribution in [3.63, 3.8) is 0 Å². The molecule has 0 unspecified atom stereocenters. The minimum absolute atomic E-state index is 0.0952. The van der Waals surface area contributed by atoms with Gasteiger partial charge in [-0.05, 0) is 25.8 Å². The molecule has 0 aliphatic heterocycles. The summed E-state index contributed by atoms with van der Waals surface area (Å²) in [5, 5.41) is 12.9. The third-order valence-electron chi connectivity index (χ3n) is 2.51. The van der Waals surface area contributed by atoms with E-state index in [1.165, 1.54) is 0 Å². The summed E-state index contributed by atoms with van der Waals surface area (Å²) in [6, 6.07) is 0.243. The molecule has 0 atom stereocenters. The van der Waals surface area contributed by atoms with Gasteiger partial charge in [0.05, 0.1) is 12.7 Å². The van der Waals surface area contributed by atoms with Crippen LogP contribution >= 0.6 is 0 Å². The number of carboxylic acids is 1. The van der Waals surface area contributed by atoms with Gasteiger partial charge in [0.2, 0.25) is 0 Å². The molecule has 90 valence electrons. The maximum absolute atomic E-state index is 10.7. The molecule has 0 spiro atoms. The van der Waals surface area contributed by atoms with Crippen LogP contribution in [0.2, 0.25) is 0 Å². The maximum atomic E-state index is 10.7. The maximum Gasteiger partial charge on any atom is 0.317 e. The lowest BCUT2D eigenvalue weighted by atomic mass is 10.2. The van der Waals surface area contributed by atoms with Crippen LogP contribution in [0.1, 0.15) is 19.4 Å². The summed E-state index contributed by atoms with van der Waals surface area (Å²) in [4.78, 5) is 12.6. The fourth-order valence-corrected chi connectivity index (χ4v) is 1.57. The first-order valence-electron chi connectivity index (χ1n) is 5.42. The highest BCUT2D eigenvalue weighted by Gasteiger charge is 2.13. The van der Waals surface area contributed by atoms with Gasteiger partial charge in [-0.1, -0.05) is 0 Å². The molecule has 5 nitrogen and oxygen atoms in total. The van der Waals surface area contributed by atoms with Crippen molar-refractivity contribution < 1.29 is 9.90 Å². The molecule has 0 radical (unpaired) electrons. The second kappa shape index (κ2) is 5.65. The van der Waals surface area contributed by atoms with Gasteiger partial charge in [-0.15, -0.1) is 0 Å². The molecule has 1 aromatic heterocycles. The Morgan fingerprint density at radius 1 is 1.62 bits per heavy atom. The van der Waals surface area contributed by atoms with Crippen molar-refractivity contribution in [1.29, 1.82) is 0 Å². The summed E-state index contributed by atoms with van der Waals surface area (Å²) in [6.07, 6.45) is 4.61. The number of aryl methyl sites for hydroxylation is 1. The topological polar surface area (TPSA) is 58.4 Å². The summed E-state index contributed by atoms with van der Waals surface area (Å²) in [6.45, 7) is 4.85. The van der Waals surface area contributed by atoms with Crippen LogP contribution in [0.3, 0.4) is 0 Å². The van der Waals surface area contributed by atoms with Crippen molar-refractivity contribution >= 4 is 5.97 Å². The zero-order valence-corrected chi connectivity index (χ0v) is 10.1. The third-order valence-corrected chi connectivity index (χ3v) is 2.51. The molecule has 0 aliphatic carbocycles. The fraction of sp³-hybridized carbons (Fsp3) is 0.636. The number of hydrogen-bond donors (Lipinski definition) is 1. The summed E-state index contributed by atoms with van der Waals surface area (Å²) in [5.74, 6) is -0.778. The highest BCUT2D eigenvalue weighted by Crippen LogP contribution is 2.03. The molecule has 16 heavy (non-hydrogen) atoms. The van der Waals surface area contributed by atoms with Crippen LogP contribution in [0.4, 0.5) is 0 Å². The van der Waals surface area contributed by atoms with Gasteiger partial charge in [0.15, 0.2) is 0 Å². The SMILES string of the molecule is CC(C)N(CCc1cnn(C)c1)CC(=O)O. The van der Waals surface area contributed by atoms with Crippen LogP contribution < -0.4 is 0 Å². The van der Waals surface area contributed by atoms with E-state index < -0.39 is 5.97 Å². The Morgan fingerprint density at radius 2 is 2.31 bits per heavy atom. The number of carboxylic acid groups (broad SMARTS) is 1. The van der Waals surface area contributed by atoms with E-state index in [0.717, 1.165) is 18.5 Å². The van der Waals surface area contributed by atoms with Gasteiger partial charge in [0.1, 0.15) is 0 Å². The van der Waals surface area contributed by atoms with Crippen LogP contribution in [-0.2, 0) is 18.3 Å². The largest absolute Gasteiger partial charge is 0.480 e. The van der Waals surface area contributed by atoms with E-state index >= 15 is 0 Å². The minimum atomic E-state index is -0.778. The molecule has 0 fully saturated rings. The summed E-state index contributed by atoms with van der Waals surface area (Å²) in [5.41, 5.74) is 1.14. The minimum Gasteiger partial charge on any atom is -0.480 e. The van der Waals surface area contributed by atoms with Crippen molar-refractivity contribution in [1.82, 2.24) is 14.7 Å². The van der Waals surface area contributed by atoms with Gasteiger partial charge in [-0.25, -0.2) is 0 Å². The van der Waals surface area contributed by atoms with Crippen LogP contribution in [0.5, 0.6) is 0 Å². The van der Waals surface area contributed by atoms with E-state index in [9.17, 15) is 4.79 Å². The third kappa shape index (κ3) is 4.02. The predicted octanol–water partition coefficient (Wildman–Crippen LogP) is 0.758. The Kier molecular flexibility index (Phi) is 4.49. The zero-order valence-electron chi connectivity index (χ0n) is 10.1. The smallest absolute Gasteiger partial charge is 0.317 e. The Labute approximate surface area is 95.7 Å². The molecule has 0 aromatic carbocycles. The average molecular weight is 225 g/mol. The highest BCUT2D eigenvalue weighted by atomic mass is 16.4. The van der Waals surface area contributed by atoms with Gasteiger partial charge in [0.25, 0.3) is 0 Å². The van der Waals surface area contributed by atoms with Crippen LogP contribution in [-0.4, -0.2) is 44.9 Å². The monoisotopic (exact) mass is 225 g/mol. The first kappa shape index (κ1) is 12.7. The second-order valence-electron chi connectivity index (χ2n) is 4.23. The van der Waals surface area contributed by atoms with Crippen LogP contribution in [0.15, 0.2) is 12.4 Å². The van der Waals surface area contributed by atoms with E-state index in [0.29, 0.717) is 0 Å². The number of aromatic nitrogens is 2. The quantitative estimate of drug-likeness (QED) is 0.776. The molecule has 0 saturated heterocycles. The first-order chi connectivity index (χ1) is 7.49. The summed E-state index contributed by atoms with van der Waals surface area (Å²) in [7, 11) is 1.88. The number of rotatable bonds is 6. The van der Waals surface area contributed by atoms with Crippen molar-refractivity contribution in [3.8, 4) is 0 Å². The lowest BCUT2D eigenvalue weighted by molar-refractivity contribution is -0.138. The summed E-state index contributed by atoms with van der Waals surface area (Å²) < 4.78 is 1.76. The molecular formula is C11H19N3O2. The van der Waals surface area contributed by atoms with Crippen molar-refractivity contribution in [2.45, 2.75) is 26.3 Å². The number of hydrogen-bond acceptors (Lipinski definition) is 3. The molecule has 1 rings (SSSR count). The predicted molar refractivity (Wildman–Crippen MR) is 61.3 cm³/mol. The lowest BCUT2D eigenvalue weighted by Gasteiger charge is -2.23. The Bertz CT molecular complexity index is 347. The first-order valence-corrected chi connectivity index (χ1v) is 5.42. The molecule has 5 heteroatoms. The van der Waals surface area contributed by atoms with E-state index in [1.54, 1.807) is 4.68 Å². The van der Waals surface area contributed by atoms with Crippen molar-refractivity contribution in [3.05, 3.63) is 18.0 Å². The standard InChI is InChI=1S/C11H19N3O2/c1-9(2)14(8-11(15)16)5-4-10-6-12-13(3)7-10/h6-7,9H,4-5,8H2,1-3H3,(H,15,16). The number of aliphatic carboxylic acids is 1. The van der Waals surface area contributed by atoms with E-state index in [-0.39, 0.29) is 12.6 Å². The van der Waals surface area contributed by atoms with E-state index in [4.69, 9.17) is 5.11 Å². The van der Waals surface area contributed by atoms with Gasteiger partial charge < -0.3 is 5.11 Å². The van der Waals surface area contributed by atoms with Crippen molar-refractivity contribution in [2.75, 3.05) is 13.1 Å². The van der Waals surface area contributed by atoms with Crippen LogP contribution in [0.25, 0.3) is 0 Å². The van der Waals surface area contributed by atoms with E-state index in [1.807, 2.05) is 38.2 Å². The van der Waals surface area contributed by atoms with Gasteiger partial charge >= 0.3 is 5.97 Å². The molecule has 0 bridgehead atoms. The Balaban J connectivity index is 2.46. The van der Waals surface area contributed by atoms with E-state index in [2.05, 4.69) is 5.10 Å². The van der Waals surface area contributed by atoms with Gasteiger partial charge in [-0.3, -0.25) is 14.4 Å². The Morgan fingerprint density at radius 3 is 2.75 bits per heavy atom. The highest BCUT2D eigenvalue weighted by molar-refractivity contribution is 5.69. The summed E-state index contributed by atoms with van der Waals surface area (Å²) >= 11 is 0.